The Morgan fingerprint density at radius 3 is 2.80 bits per heavy atom. The molecule has 6 nitrogen and oxygen atoms in total. The summed E-state index contributed by atoms with van der Waals surface area (Å²) in [5.41, 5.74) is 0. The first-order chi connectivity index (χ1) is 9.45. The number of carbonyl (C=O) groups excluding carboxylic acids is 1. The van der Waals surface area contributed by atoms with Gasteiger partial charge in [0.2, 0.25) is 0 Å². The molecular weight excluding hydrogens is 260 g/mol. The normalized spacial score (nSPS) is 24.2. The second kappa shape index (κ2) is 8.09. The van der Waals surface area contributed by atoms with E-state index >= 15 is 0 Å². The van der Waals surface area contributed by atoms with Gasteiger partial charge in [-0.2, -0.15) is 0 Å². The van der Waals surface area contributed by atoms with E-state index in [2.05, 4.69) is 5.32 Å². The number of morpholine rings is 1. The van der Waals surface area contributed by atoms with Crippen LogP contribution in [0.3, 0.4) is 0 Å². The van der Waals surface area contributed by atoms with Crippen LogP contribution < -0.4 is 5.32 Å². The van der Waals surface area contributed by atoms with Gasteiger partial charge in [-0.3, -0.25) is 4.79 Å². The minimum Gasteiger partial charge on any atom is -0.481 e. The molecule has 2 amide bonds. The zero-order valence-corrected chi connectivity index (χ0v) is 12.6. The first-order valence-corrected chi connectivity index (χ1v) is 7.34. The summed E-state index contributed by atoms with van der Waals surface area (Å²) in [4.78, 5) is 24.6. The van der Waals surface area contributed by atoms with Gasteiger partial charge in [-0.15, -0.1) is 0 Å². The monoisotopic (exact) mass is 286 g/mol. The number of hydrogen-bond acceptors (Lipinski definition) is 3. The molecule has 3 atom stereocenters. The summed E-state index contributed by atoms with van der Waals surface area (Å²) in [6, 6.07) is 0.0547. The Kier molecular flexibility index (Phi) is 6.78. The number of carbonyl (C=O) groups is 2. The summed E-state index contributed by atoms with van der Waals surface area (Å²) in [7, 11) is 0. The van der Waals surface area contributed by atoms with Crippen LogP contribution in [0.2, 0.25) is 0 Å². The van der Waals surface area contributed by atoms with Crippen molar-refractivity contribution in [1.29, 1.82) is 0 Å². The first kappa shape index (κ1) is 16.8. The summed E-state index contributed by atoms with van der Waals surface area (Å²) in [6.07, 6.45) is 2.19. The predicted octanol–water partition coefficient (Wildman–Crippen LogP) is 1.70. The molecule has 0 radical (unpaired) electrons. The van der Waals surface area contributed by atoms with Crippen molar-refractivity contribution in [2.24, 2.45) is 5.92 Å². The van der Waals surface area contributed by atoms with E-state index in [-0.39, 0.29) is 24.1 Å². The molecule has 0 spiro atoms. The molecule has 0 aromatic rings. The maximum atomic E-state index is 12.1. The molecular formula is C14H26N2O4. The lowest BCUT2D eigenvalue weighted by atomic mass is 10.1. The van der Waals surface area contributed by atoms with Gasteiger partial charge in [-0.25, -0.2) is 4.79 Å². The molecule has 1 rings (SSSR count). The molecule has 1 fully saturated rings. The van der Waals surface area contributed by atoms with E-state index in [0.717, 1.165) is 6.42 Å². The lowest BCUT2D eigenvalue weighted by Crippen LogP contribution is -2.54. The van der Waals surface area contributed by atoms with E-state index in [9.17, 15) is 9.59 Å². The summed E-state index contributed by atoms with van der Waals surface area (Å²) < 4.78 is 5.56. The summed E-state index contributed by atoms with van der Waals surface area (Å²) in [6.45, 7) is 7.39. The molecule has 1 aliphatic heterocycles. The Hall–Kier alpha value is -1.30. The maximum Gasteiger partial charge on any atom is 0.317 e. The molecule has 6 heteroatoms. The van der Waals surface area contributed by atoms with Crippen molar-refractivity contribution in [2.75, 3.05) is 19.7 Å². The van der Waals surface area contributed by atoms with E-state index in [0.29, 0.717) is 32.5 Å². The Morgan fingerprint density at radius 2 is 2.20 bits per heavy atom. The van der Waals surface area contributed by atoms with Gasteiger partial charge < -0.3 is 20.1 Å². The van der Waals surface area contributed by atoms with Crippen LogP contribution in [0.4, 0.5) is 4.79 Å². The smallest absolute Gasteiger partial charge is 0.317 e. The van der Waals surface area contributed by atoms with E-state index in [4.69, 9.17) is 9.84 Å². The third kappa shape index (κ3) is 5.00. The number of aliphatic carboxylic acids is 1. The third-order valence-corrected chi connectivity index (χ3v) is 3.71. The number of carboxylic acids is 1. The van der Waals surface area contributed by atoms with Gasteiger partial charge in [0, 0.05) is 13.1 Å². The highest BCUT2D eigenvalue weighted by molar-refractivity contribution is 5.74. The molecule has 2 N–H and O–H groups in total. The number of hydrogen-bond donors (Lipinski definition) is 2. The van der Waals surface area contributed by atoms with E-state index < -0.39 is 5.97 Å². The van der Waals surface area contributed by atoms with Crippen molar-refractivity contribution in [3.63, 3.8) is 0 Å². The fourth-order valence-electron chi connectivity index (χ4n) is 2.26. The minimum atomic E-state index is -0.788. The predicted molar refractivity (Wildman–Crippen MR) is 75.6 cm³/mol. The Balaban J connectivity index is 2.32. The highest BCUT2D eigenvalue weighted by atomic mass is 16.5. The van der Waals surface area contributed by atoms with Gasteiger partial charge >= 0.3 is 12.0 Å². The molecule has 0 saturated carbocycles. The summed E-state index contributed by atoms with van der Waals surface area (Å²) >= 11 is 0. The van der Waals surface area contributed by atoms with Crippen LogP contribution in [-0.4, -0.2) is 53.8 Å². The maximum absolute atomic E-state index is 12.1. The number of urea groups is 1. The average molecular weight is 286 g/mol. The highest BCUT2D eigenvalue weighted by Gasteiger charge is 2.29. The fourth-order valence-corrected chi connectivity index (χ4v) is 2.26. The SMILES string of the molecule is CCC1COC(C)CN1C(=O)NCCCC(C)C(=O)O. The van der Waals surface area contributed by atoms with Crippen LogP contribution in [0.5, 0.6) is 0 Å². The van der Waals surface area contributed by atoms with Crippen LogP contribution in [0.1, 0.15) is 40.0 Å². The molecule has 1 saturated heterocycles. The van der Waals surface area contributed by atoms with Gasteiger partial charge in [0.15, 0.2) is 0 Å². The average Bonchev–Trinajstić information content (AvgIpc) is 2.42. The standard InChI is InChI=1S/C14H26N2O4/c1-4-12-9-20-11(3)8-16(12)14(19)15-7-5-6-10(2)13(17)18/h10-12H,4-9H2,1-3H3,(H,15,19)(H,17,18). The lowest BCUT2D eigenvalue weighted by molar-refractivity contribution is -0.141. The topological polar surface area (TPSA) is 78.9 Å². The second-order valence-corrected chi connectivity index (χ2v) is 5.47. The molecule has 0 aliphatic carbocycles. The molecule has 20 heavy (non-hydrogen) atoms. The minimum absolute atomic E-state index is 0.0654. The quantitative estimate of drug-likeness (QED) is 0.728. The number of ether oxygens (including phenoxy) is 1. The number of rotatable bonds is 6. The van der Waals surface area contributed by atoms with Crippen LogP contribution >= 0.6 is 0 Å². The lowest BCUT2D eigenvalue weighted by Gasteiger charge is -2.38. The van der Waals surface area contributed by atoms with Gasteiger partial charge in [0.25, 0.3) is 0 Å². The van der Waals surface area contributed by atoms with Crippen LogP contribution in [0.25, 0.3) is 0 Å². The van der Waals surface area contributed by atoms with E-state index in [1.807, 2.05) is 18.7 Å². The Bertz CT molecular complexity index is 335. The number of nitrogens with zero attached hydrogens (tertiary/aromatic N) is 1. The third-order valence-electron chi connectivity index (χ3n) is 3.71. The van der Waals surface area contributed by atoms with Crippen LogP contribution in [0, 0.1) is 5.92 Å². The van der Waals surface area contributed by atoms with Gasteiger partial charge in [0.05, 0.1) is 24.7 Å². The van der Waals surface area contributed by atoms with Crippen molar-refractivity contribution < 1.29 is 19.4 Å². The molecule has 0 aromatic carbocycles. The number of nitrogens with one attached hydrogen (secondary N) is 1. The van der Waals surface area contributed by atoms with Crippen molar-refractivity contribution in [3.05, 3.63) is 0 Å². The van der Waals surface area contributed by atoms with E-state index in [1.165, 1.54) is 0 Å². The largest absolute Gasteiger partial charge is 0.481 e. The van der Waals surface area contributed by atoms with Crippen molar-refractivity contribution in [3.8, 4) is 0 Å². The van der Waals surface area contributed by atoms with Gasteiger partial charge in [-0.1, -0.05) is 13.8 Å². The number of carboxylic acid groups (broad SMARTS) is 1. The highest BCUT2D eigenvalue weighted by Crippen LogP contribution is 2.14. The van der Waals surface area contributed by atoms with E-state index in [1.54, 1.807) is 6.92 Å². The zero-order valence-electron chi connectivity index (χ0n) is 12.6. The molecule has 116 valence electrons. The van der Waals surface area contributed by atoms with Crippen molar-refractivity contribution in [1.82, 2.24) is 10.2 Å². The molecule has 1 aliphatic rings. The van der Waals surface area contributed by atoms with Crippen LogP contribution in [-0.2, 0) is 9.53 Å². The van der Waals surface area contributed by atoms with Crippen molar-refractivity contribution in [2.45, 2.75) is 52.2 Å². The van der Waals surface area contributed by atoms with Crippen molar-refractivity contribution >= 4 is 12.0 Å². The molecule has 0 bridgehead atoms. The van der Waals surface area contributed by atoms with Gasteiger partial charge in [-0.05, 0) is 26.2 Å². The fraction of sp³-hybridized carbons (Fsp3) is 0.857. The molecule has 1 heterocycles. The number of amides is 2. The Morgan fingerprint density at radius 1 is 1.50 bits per heavy atom. The summed E-state index contributed by atoms with van der Waals surface area (Å²) in [5.74, 6) is -1.15. The first-order valence-electron chi connectivity index (χ1n) is 7.34. The van der Waals surface area contributed by atoms with Gasteiger partial charge in [0.1, 0.15) is 0 Å². The zero-order chi connectivity index (χ0) is 15.1. The molecule has 3 unspecified atom stereocenters. The molecule has 0 aromatic heterocycles. The second-order valence-electron chi connectivity index (χ2n) is 5.47. The summed E-state index contributed by atoms with van der Waals surface area (Å²) in [5, 5.41) is 11.7. The Labute approximate surface area is 120 Å². The van der Waals surface area contributed by atoms with Crippen LogP contribution in [0.15, 0.2) is 0 Å².